The lowest BCUT2D eigenvalue weighted by Gasteiger charge is -1.58. The molecule has 0 heterocycles. The summed E-state index contributed by atoms with van der Waals surface area (Å²) in [5.41, 5.74) is 0. The topological polar surface area (TPSA) is 0 Å². The largest absolute Gasteiger partial charge is 0.147 e. The molecule has 0 rings (SSSR count). The minimum Gasteiger partial charge on any atom is -0.147 e. The van der Waals surface area contributed by atoms with Crippen LogP contribution in [-0.4, -0.2) is 32.6 Å². The summed E-state index contributed by atoms with van der Waals surface area (Å²) in [4.78, 5) is 0. The first kappa shape index (κ1) is 38.3. The Kier molecular flexibility index (Phi) is 203. The molecule has 0 aliphatic rings. The number of allylic oxidation sites excluding steroid dienone is 1. The third-order valence-corrected chi connectivity index (χ3v) is 0.500. The van der Waals surface area contributed by atoms with Crippen molar-refractivity contribution >= 4 is 82.2 Å². The molecule has 0 aromatic rings. The fourth-order valence-corrected chi connectivity index (χ4v) is 0. The molecule has 0 aliphatic carbocycles. The van der Waals surface area contributed by atoms with Crippen LogP contribution in [0.2, 0.25) is 10.6 Å². The van der Waals surface area contributed by atoms with Crippen LogP contribution in [-0.2, 0) is 0 Å². The van der Waals surface area contributed by atoms with Gasteiger partial charge in [-0.1, -0.05) is 6.92 Å². The normalized spacial score (nSPS) is 3.73. The Labute approximate surface area is 111 Å². The van der Waals surface area contributed by atoms with Crippen LogP contribution in [0.3, 0.4) is 0 Å². The zero-order chi connectivity index (χ0) is 6.12. The molecule has 11 heavy (non-hydrogen) atoms. The lowest BCUT2D eigenvalue weighted by Crippen LogP contribution is -1.47. The molecular weight excluding hydrogens is 256 g/mol. The zero-order valence-electron chi connectivity index (χ0n) is 6.49. The first-order valence-electron chi connectivity index (χ1n) is 2.34. The highest BCUT2D eigenvalue weighted by Gasteiger charge is 1.46. The van der Waals surface area contributed by atoms with E-state index in [0.29, 0.717) is 0 Å². The predicted molar refractivity (Wildman–Crippen MR) is 66.0 cm³/mol. The number of halogens is 4. The molecule has 0 N–H and O–H groups in total. The van der Waals surface area contributed by atoms with Crippen molar-refractivity contribution in [1.82, 2.24) is 0 Å². The molecule has 0 spiro atoms. The molecule has 0 aromatic heterocycles. The molecule has 0 bridgehead atoms. The Morgan fingerprint density at radius 2 is 1.18 bits per heavy atom. The summed E-state index contributed by atoms with van der Waals surface area (Å²) in [5.74, 6) is 0. The van der Waals surface area contributed by atoms with Crippen molar-refractivity contribution < 1.29 is 0 Å². The predicted octanol–water partition coefficient (Wildman–Crippen LogP) is 3.04. The van der Waals surface area contributed by atoms with Gasteiger partial charge in [-0.25, -0.2) is 0 Å². The molecule has 0 aliphatic heterocycles. The Morgan fingerprint density at radius 1 is 1.09 bits per heavy atom. The van der Waals surface area contributed by atoms with Crippen molar-refractivity contribution in [2.75, 3.05) is 0 Å². The van der Waals surface area contributed by atoms with E-state index >= 15 is 0 Å². The van der Waals surface area contributed by atoms with Crippen molar-refractivity contribution in [3.05, 3.63) is 12.7 Å². The van der Waals surface area contributed by atoms with Gasteiger partial charge in [-0.15, -0.1) is 72.8 Å². The quantitative estimate of drug-likeness (QED) is 0.507. The summed E-state index contributed by atoms with van der Waals surface area (Å²) < 4.78 is 0. The maximum atomic E-state index is 3.46. The van der Waals surface area contributed by atoms with Crippen LogP contribution in [0.4, 0.5) is 0 Å². The van der Waals surface area contributed by atoms with Crippen molar-refractivity contribution in [3.8, 4) is 0 Å². The van der Waals surface area contributed by atoms with Crippen LogP contribution in [0.1, 0.15) is 6.92 Å². The summed E-state index contributed by atoms with van der Waals surface area (Å²) in [6.45, 7) is 5.55. The highest BCUT2D eigenvalue weighted by Crippen LogP contribution is 1.61. The van der Waals surface area contributed by atoms with Crippen LogP contribution in [0, 0.1) is 0 Å². The van der Waals surface area contributed by atoms with Crippen LogP contribution in [0.15, 0.2) is 12.7 Å². The van der Waals surface area contributed by atoms with E-state index in [1.807, 2.05) is 6.08 Å². The van der Waals surface area contributed by atoms with E-state index in [4.69, 9.17) is 0 Å². The summed E-state index contributed by atoms with van der Waals surface area (Å²) in [6.07, 6.45) is 1.84. The molecule has 0 amide bonds. The molecule has 0 fully saturated rings. The standard InChI is InChI=1S/C3H5.C2H5.2Al.4ClH/c1-3-2;1-2;;;;;;/h3H,1-2H2;1H2,2H3;;;4*1H. The second-order valence-corrected chi connectivity index (χ2v) is 2.22. The van der Waals surface area contributed by atoms with E-state index in [1.165, 1.54) is 5.28 Å². The molecule has 0 saturated heterocycles. The monoisotopic (exact) mass is 268 g/mol. The average molecular weight is 270 g/mol. The molecule has 6 heteroatoms. The molecule has 68 valence electrons. The number of rotatable bonds is 1. The lowest BCUT2D eigenvalue weighted by molar-refractivity contribution is 1.48. The van der Waals surface area contributed by atoms with Gasteiger partial charge >= 0.3 is 0 Å². The van der Waals surface area contributed by atoms with Gasteiger partial charge in [0, 0.05) is 0 Å². The molecule has 4 radical (unpaired) electrons. The molecular formula is C5H14Al2Cl4. The Balaban J connectivity index is -0.00000000848. The molecule has 0 saturated carbocycles. The van der Waals surface area contributed by atoms with E-state index in [2.05, 4.69) is 46.1 Å². The van der Waals surface area contributed by atoms with Crippen LogP contribution in [0.25, 0.3) is 0 Å². The van der Waals surface area contributed by atoms with Crippen molar-refractivity contribution in [2.24, 2.45) is 0 Å². The third-order valence-electron chi connectivity index (χ3n) is 0.167. The molecule has 0 atom stereocenters. The van der Waals surface area contributed by atoms with Gasteiger partial charge in [0.2, 0.25) is 0 Å². The summed E-state index contributed by atoms with van der Waals surface area (Å²) in [7, 11) is 0. The van der Waals surface area contributed by atoms with E-state index in [9.17, 15) is 0 Å². The average Bonchev–Trinajstić information content (AvgIpc) is 1.69. The van der Waals surface area contributed by atoms with Crippen molar-refractivity contribution in [1.29, 1.82) is 0 Å². The second-order valence-electron chi connectivity index (χ2n) is 0.933. The maximum absolute atomic E-state index is 3.46. The number of hydrogen-bond acceptors (Lipinski definition) is 0. The second kappa shape index (κ2) is 58.4. The van der Waals surface area contributed by atoms with E-state index in [1.54, 1.807) is 0 Å². The SMILES string of the molecule is C=C[CH2][Al].C[CH2][Al].Cl.Cl.Cl.Cl. The van der Waals surface area contributed by atoms with Crippen LogP contribution in [0.5, 0.6) is 0 Å². The fourth-order valence-electron chi connectivity index (χ4n) is 0. The highest BCUT2D eigenvalue weighted by atomic mass is 35.5. The van der Waals surface area contributed by atoms with Gasteiger partial charge in [0.15, 0.2) is 0 Å². The van der Waals surface area contributed by atoms with E-state index in [-0.39, 0.29) is 49.6 Å². The zero-order valence-corrected chi connectivity index (χ0v) is 12.1. The van der Waals surface area contributed by atoms with Gasteiger partial charge in [-0.3, -0.25) is 0 Å². The molecule has 0 nitrogen and oxygen atoms in total. The van der Waals surface area contributed by atoms with Gasteiger partial charge in [-0.2, -0.15) is 0 Å². The smallest absolute Gasteiger partial charge is 0.124 e. The lowest BCUT2D eigenvalue weighted by atomic mass is 10.8. The summed E-state index contributed by atoms with van der Waals surface area (Å²) in [6, 6.07) is 0. The van der Waals surface area contributed by atoms with Gasteiger partial charge in [0.05, 0.1) is 0 Å². The van der Waals surface area contributed by atoms with Crippen molar-refractivity contribution in [3.63, 3.8) is 0 Å². The van der Waals surface area contributed by atoms with E-state index in [0.717, 1.165) is 5.28 Å². The van der Waals surface area contributed by atoms with Gasteiger partial charge in [0.25, 0.3) is 0 Å². The molecule has 0 unspecified atom stereocenters. The maximum Gasteiger partial charge on any atom is 0.124 e. The Bertz CT molecular complexity index is 37.7. The van der Waals surface area contributed by atoms with Crippen molar-refractivity contribution in [2.45, 2.75) is 17.5 Å². The Hall–Kier alpha value is 1.96. The Morgan fingerprint density at radius 3 is 1.18 bits per heavy atom. The minimum atomic E-state index is 0. The van der Waals surface area contributed by atoms with E-state index < -0.39 is 0 Å². The minimum absolute atomic E-state index is 0. The first-order chi connectivity index (χ1) is 3.33. The highest BCUT2D eigenvalue weighted by molar-refractivity contribution is 6.09. The van der Waals surface area contributed by atoms with Crippen LogP contribution >= 0.6 is 49.6 Å². The van der Waals surface area contributed by atoms with Gasteiger partial charge in [-0.05, 0) is 0 Å². The van der Waals surface area contributed by atoms with Gasteiger partial charge < -0.3 is 0 Å². The number of hydrogen-bond donors (Lipinski definition) is 0. The van der Waals surface area contributed by atoms with Gasteiger partial charge in [0.1, 0.15) is 32.6 Å². The summed E-state index contributed by atoms with van der Waals surface area (Å²) >= 11 is 5.12. The first-order valence-corrected chi connectivity index (χ1v) is 3.97. The fraction of sp³-hybridized carbons (Fsp3) is 0.600. The summed E-state index contributed by atoms with van der Waals surface area (Å²) in [5, 5.41) is 2.17. The molecule has 0 aromatic carbocycles. The van der Waals surface area contributed by atoms with Crippen LogP contribution < -0.4 is 0 Å². The third kappa shape index (κ3) is 135.